The van der Waals surface area contributed by atoms with E-state index in [1.54, 1.807) is 32.4 Å². The molecule has 0 fully saturated rings. The number of rotatable bonds is 9. The van der Waals surface area contributed by atoms with Crippen LogP contribution in [-0.4, -0.2) is 40.6 Å². The molecular weight excluding hydrogens is 228 g/mol. The molecule has 0 N–H and O–H groups in total. The predicted octanol–water partition coefficient (Wildman–Crippen LogP) is 3.63. The zero-order chi connectivity index (χ0) is 14.5. The van der Waals surface area contributed by atoms with E-state index in [1.165, 1.54) is 6.42 Å². The van der Waals surface area contributed by atoms with Crippen LogP contribution in [0, 0.1) is 0 Å². The number of unbranched alkanes of at least 4 members (excludes halogenated alkanes) is 1. The van der Waals surface area contributed by atoms with Crippen molar-refractivity contribution in [3.8, 4) is 0 Å². The molecule has 0 unspecified atom stereocenters. The monoisotopic (exact) mass is 258 g/mol. The summed E-state index contributed by atoms with van der Waals surface area (Å²) in [7, 11) is 3.28. The fourth-order valence-corrected chi connectivity index (χ4v) is 0.649. The smallest absolute Gasteiger partial charge is 0.0644 e. The van der Waals surface area contributed by atoms with E-state index in [-0.39, 0.29) is 0 Å². The van der Waals surface area contributed by atoms with Gasteiger partial charge in [0.2, 0.25) is 0 Å². The van der Waals surface area contributed by atoms with Gasteiger partial charge in [-0.2, -0.15) is 0 Å². The summed E-state index contributed by atoms with van der Waals surface area (Å²) >= 11 is 0. The molecule has 0 aliphatic rings. The Morgan fingerprint density at radius 3 is 1.50 bits per heavy atom. The molecule has 0 aliphatic heterocycles. The molecular formula is C15H30O3. The Morgan fingerprint density at radius 2 is 1.28 bits per heavy atom. The van der Waals surface area contributed by atoms with Crippen molar-refractivity contribution in [3.05, 3.63) is 38.0 Å². The first-order chi connectivity index (χ1) is 8.74. The summed E-state index contributed by atoms with van der Waals surface area (Å²) in [4.78, 5) is 0. The Labute approximate surface area is 113 Å². The highest BCUT2D eigenvalue weighted by Crippen LogP contribution is 1.86. The van der Waals surface area contributed by atoms with Crippen LogP contribution in [0.1, 0.15) is 19.8 Å². The average molecular weight is 258 g/mol. The van der Waals surface area contributed by atoms with Crippen LogP contribution in [0.2, 0.25) is 0 Å². The standard InChI is InChI=1S/C7H14O.2C4H8O/c1-3-5-7-8-6-4-2;2*1-3-4-5-2/h4H,2-3,5-7H2,1H3;2*3H,1,4H2,2H3. The van der Waals surface area contributed by atoms with Crippen LogP contribution in [0.25, 0.3) is 0 Å². The zero-order valence-electron chi connectivity index (χ0n) is 12.3. The van der Waals surface area contributed by atoms with E-state index in [0.717, 1.165) is 13.0 Å². The fraction of sp³-hybridized carbons (Fsp3) is 0.600. The van der Waals surface area contributed by atoms with E-state index in [1.807, 2.05) is 0 Å². The lowest BCUT2D eigenvalue weighted by Crippen LogP contribution is -1.91. The minimum absolute atomic E-state index is 0.653. The van der Waals surface area contributed by atoms with E-state index >= 15 is 0 Å². The lowest BCUT2D eigenvalue weighted by atomic mass is 10.4. The van der Waals surface area contributed by atoms with Crippen molar-refractivity contribution in [1.29, 1.82) is 0 Å². The highest BCUT2D eigenvalue weighted by Gasteiger charge is 1.79. The third kappa shape index (κ3) is 45.8. The van der Waals surface area contributed by atoms with Crippen molar-refractivity contribution < 1.29 is 14.2 Å². The van der Waals surface area contributed by atoms with E-state index in [4.69, 9.17) is 4.74 Å². The minimum Gasteiger partial charge on any atom is -0.381 e. The van der Waals surface area contributed by atoms with Crippen molar-refractivity contribution in [2.24, 2.45) is 0 Å². The maximum Gasteiger partial charge on any atom is 0.0644 e. The van der Waals surface area contributed by atoms with Gasteiger partial charge in [0.25, 0.3) is 0 Å². The lowest BCUT2D eigenvalue weighted by Gasteiger charge is -1.95. The summed E-state index contributed by atoms with van der Waals surface area (Å²) in [5.74, 6) is 0. The van der Waals surface area contributed by atoms with Gasteiger partial charge >= 0.3 is 0 Å². The van der Waals surface area contributed by atoms with Gasteiger partial charge in [-0.3, -0.25) is 0 Å². The first-order valence-corrected chi connectivity index (χ1v) is 6.13. The molecule has 0 rings (SSSR count). The zero-order valence-corrected chi connectivity index (χ0v) is 12.3. The van der Waals surface area contributed by atoms with Crippen molar-refractivity contribution in [3.63, 3.8) is 0 Å². The number of ether oxygens (including phenoxy) is 3. The van der Waals surface area contributed by atoms with Gasteiger partial charge in [-0.05, 0) is 6.42 Å². The van der Waals surface area contributed by atoms with Gasteiger partial charge in [-0.1, -0.05) is 31.6 Å². The van der Waals surface area contributed by atoms with Gasteiger partial charge in [0, 0.05) is 20.8 Å². The minimum atomic E-state index is 0.653. The Balaban J connectivity index is -0.000000197. The third-order valence-corrected chi connectivity index (χ3v) is 1.45. The summed E-state index contributed by atoms with van der Waals surface area (Å²) < 4.78 is 14.3. The average Bonchev–Trinajstić information content (AvgIpc) is 2.38. The molecule has 18 heavy (non-hydrogen) atoms. The molecule has 0 saturated heterocycles. The summed E-state index contributed by atoms with van der Waals surface area (Å²) in [5.41, 5.74) is 0. The molecule has 3 nitrogen and oxygen atoms in total. The molecule has 0 aromatic carbocycles. The molecule has 0 radical (unpaired) electrons. The molecule has 3 heteroatoms. The molecule has 0 amide bonds. The second-order valence-corrected chi connectivity index (χ2v) is 3.21. The maximum atomic E-state index is 5.11. The quantitative estimate of drug-likeness (QED) is 0.467. The molecule has 0 heterocycles. The second-order valence-electron chi connectivity index (χ2n) is 3.21. The predicted molar refractivity (Wildman–Crippen MR) is 80.1 cm³/mol. The van der Waals surface area contributed by atoms with Crippen molar-refractivity contribution in [1.82, 2.24) is 0 Å². The summed E-state index contributed by atoms with van der Waals surface area (Å²) in [5, 5.41) is 0. The summed E-state index contributed by atoms with van der Waals surface area (Å²) in [6.45, 7) is 15.4. The number of methoxy groups -OCH3 is 2. The van der Waals surface area contributed by atoms with Crippen LogP contribution in [0.3, 0.4) is 0 Å². The van der Waals surface area contributed by atoms with Crippen LogP contribution in [-0.2, 0) is 14.2 Å². The van der Waals surface area contributed by atoms with Gasteiger partial charge in [0.1, 0.15) is 0 Å². The third-order valence-electron chi connectivity index (χ3n) is 1.45. The van der Waals surface area contributed by atoms with Crippen LogP contribution in [0.4, 0.5) is 0 Å². The first-order valence-electron chi connectivity index (χ1n) is 6.13. The molecule has 0 aromatic heterocycles. The molecule has 108 valence electrons. The number of hydrogen-bond acceptors (Lipinski definition) is 3. The van der Waals surface area contributed by atoms with Crippen LogP contribution in [0.5, 0.6) is 0 Å². The number of hydrogen-bond donors (Lipinski definition) is 0. The Kier molecular flexibility index (Phi) is 36.9. The summed E-state index contributed by atoms with van der Waals surface area (Å²) in [6, 6.07) is 0. The Bertz CT molecular complexity index is 146. The molecule has 0 aromatic rings. The molecule has 0 bridgehead atoms. The van der Waals surface area contributed by atoms with E-state index in [2.05, 4.69) is 36.1 Å². The van der Waals surface area contributed by atoms with Crippen LogP contribution >= 0.6 is 0 Å². The van der Waals surface area contributed by atoms with Gasteiger partial charge in [0.15, 0.2) is 0 Å². The highest BCUT2D eigenvalue weighted by atomic mass is 16.5. The fourth-order valence-electron chi connectivity index (χ4n) is 0.649. The second kappa shape index (κ2) is 29.8. The van der Waals surface area contributed by atoms with Crippen molar-refractivity contribution >= 4 is 0 Å². The van der Waals surface area contributed by atoms with Crippen LogP contribution in [0.15, 0.2) is 38.0 Å². The molecule has 0 spiro atoms. The van der Waals surface area contributed by atoms with Crippen molar-refractivity contribution in [2.75, 3.05) is 40.6 Å². The highest BCUT2D eigenvalue weighted by molar-refractivity contribution is 4.63. The summed E-state index contributed by atoms with van der Waals surface area (Å²) in [6.07, 6.45) is 7.56. The van der Waals surface area contributed by atoms with Crippen LogP contribution < -0.4 is 0 Å². The Hall–Kier alpha value is -0.900. The largest absolute Gasteiger partial charge is 0.381 e. The maximum absolute atomic E-state index is 5.11. The van der Waals surface area contributed by atoms with Gasteiger partial charge in [-0.15, -0.1) is 19.7 Å². The molecule has 0 aliphatic carbocycles. The van der Waals surface area contributed by atoms with Gasteiger partial charge in [0.05, 0.1) is 19.8 Å². The van der Waals surface area contributed by atoms with E-state index in [0.29, 0.717) is 19.8 Å². The lowest BCUT2D eigenvalue weighted by molar-refractivity contribution is 0.159. The van der Waals surface area contributed by atoms with E-state index < -0.39 is 0 Å². The van der Waals surface area contributed by atoms with Gasteiger partial charge < -0.3 is 14.2 Å². The molecule has 0 atom stereocenters. The van der Waals surface area contributed by atoms with Gasteiger partial charge in [-0.25, -0.2) is 0 Å². The first kappa shape index (κ1) is 22.3. The topological polar surface area (TPSA) is 27.7 Å². The molecule has 0 saturated carbocycles. The van der Waals surface area contributed by atoms with E-state index in [9.17, 15) is 0 Å². The van der Waals surface area contributed by atoms with Crippen molar-refractivity contribution in [2.45, 2.75) is 19.8 Å². The normalized spacial score (nSPS) is 8.17. The SMILES string of the molecule is C=CCOC.C=CCOC.C=CCOCCCC. The Morgan fingerprint density at radius 1 is 0.833 bits per heavy atom.